The quantitative estimate of drug-likeness (QED) is 0.407. The van der Waals surface area contributed by atoms with Crippen molar-refractivity contribution in [3.63, 3.8) is 0 Å². The summed E-state index contributed by atoms with van der Waals surface area (Å²) >= 11 is 0. The second-order valence-corrected chi connectivity index (χ2v) is 9.34. The Morgan fingerprint density at radius 1 is 0.857 bits per heavy atom. The Balaban J connectivity index is 1.45. The molecule has 0 unspecified atom stereocenters. The largest absolute Gasteiger partial charge is 0.447 e. The van der Waals surface area contributed by atoms with Crippen LogP contribution in [0.1, 0.15) is 22.5 Å². The van der Waals surface area contributed by atoms with Crippen LogP contribution in [0.15, 0.2) is 108 Å². The highest BCUT2D eigenvalue weighted by Crippen LogP contribution is 2.46. The summed E-state index contributed by atoms with van der Waals surface area (Å²) in [7, 11) is 0. The number of carbonyl (C=O) groups excluding carboxylic acids is 1. The summed E-state index contributed by atoms with van der Waals surface area (Å²) in [4.78, 5) is 21.9. The second-order valence-electron chi connectivity index (χ2n) is 9.34. The fraction of sp³-hybridized carbons (Fsp3) is 0.241. The SMILES string of the molecule is O=C1O[C@H]2[C@H](CN(Cc3ccccc3)C[C@]2(c2ccccc2)c2cnco2)N1Cc1ccccc1. The number of hydrogen-bond acceptors (Lipinski definition) is 5. The summed E-state index contributed by atoms with van der Waals surface area (Å²) in [5.41, 5.74) is 2.68. The van der Waals surface area contributed by atoms with E-state index in [0.29, 0.717) is 25.4 Å². The molecule has 1 amide bonds. The molecule has 3 aromatic carbocycles. The number of oxazole rings is 1. The van der Waals surface area contributed by atoms with Crippen LogP contribution in [0.25, 0.3) is 0 Å². The van der Waals surface area contributed by atoms with Crippen molar-refractivity contribution in [2.75, 3.05) is 13.1 Å². The number of aromatic nitrogens is 1. The smallest absolute Gasteiger partial charge is 0.410 e. The summed E-state index contributed by atoms with van der Waals surface area (Å²) in [5.74, 6) is 0.714. The van der Waals surface area contributed by atoms with Crippen molar-refractivity contribution in [1.29, 1.82) is 0 Å². The molecule has 1 aromatic heterocycles. The van der Waals surface area contributed by atoms with Crippen LogP contribution in [0.3, 0.4) is 0 Å². The van der Waals surface area contributed by atoms with Gasteiger partial charge in [0.1, 0.15) is 17.3 Å². The molecule has 176 valence electrons. The highest BCUT2D eigenvalue weighted by Gasteiger charge is 2.60. The molecule has 0 radical (unpaired) electrons. The van der Waals surface area contributed by atoms with Crippen LogP contribution in [0, 0.1) is 0 Å². The van der Waals surface area contributed by atoms with Gasteiger partial charge in [-0.05, 0) is 16.7 Å². The first-order chi connectivity index (χ1) is 17.2. The van der Waals surface area contributed by atoms with E-state index in [4.69, 9.17) is 9.15 Å². The Hall–Kier alpha value is -3.90. The zero-order chi connectivity index (χ0) is 23.7. The van der Waals surface area contributed by atoms with Gasteiger partial charge in [0.15, 0.2) is 6.39 Å². The lowest BCUT2D eigenvalue weighted by Gasteiger charge is -2.48. The van der Waals surface area contributed by atoms with Crippen LogP contribution in [0.2, 0.25) is 0 Å². The first-order valence-electron chi connectivity index (χ1n) is 12.0. The molecule has 2 aliphatic heterocycles. The van der Waals surface area contributed by atoms with Crippen molar-refractivity contribution < 1.29 is 13.9 Å². The predicted octanol–water partition coefficient (Wildman–Crippen LogP) is 4.87. The molecule has 2 aliphatic rings. The standard InChI is InChI=1S/C29H27N3O3/c33-28-32(18-23-12-6-2-7-13-23)25-19-31(17-22-10-4-1-5-11-22)20-29(27(25)35-28,26-16-30-21-34-26)24-14-8-3-9-15-24/h1-16,21,25,27H,17-20H2/t25-,27-,29-/m0/s1. The third-order valence-corrected chi connectivity index (χ3v) is 7.22. The van der Waals surface area contributed by atoms with E-state index >= 15 is 0 Å². The van der Waals surface area contributed by atoms with Crippen molar-refractivity contribution >= 4 is 6.09 Å². The minimum Gasteiger partial charge on any atom is -0.447 e. The zero-order valence-electron chi connectivity index (χ0n) is 19.4. The molecule has 3 atom stereocenters. The minimum atomic E-state index is -0.684. The Bertz CT molecular complexity index is 1260. The van der Waals surface area contributed by atoms with Gasteiger partial charge in [0.2, 0.25) is 0 Å². The first-order valence-corrected chi connectivity index (χ1v) is 12.0. The van der Waals surface area contributed by atoms with Crippen molar-refractivity contribution in [3.05, 3.63) is 126 Å². The second kappa shape index (κ2) is 9.04. The molecular formula is C29H27N3O3. The maximum Gasteiger partial charge on any atom is 0.410 e. The van der Waals surface area contributed by atoms with Gasteiger partial charge in [-0.3, -0.25) is 9.80 Å². The van der Waals surface area contributed by atoms with Gasteiger partial charge in [-0.2, -0.15) is 0 Å². The minimum absolute atomic E-state index is 0.148. The van der Waals surface area contributed by atoms with Crippen molar-refractivity contribution in [2.45, 2.75) is 30.7 Å². The normalized spacial score (nSPS) is 24.2. The number of hydrogen-bond donors (Lipinski definition) is 0. The number of amides is 1. The zero-order valence-corrected chi connectivity index (χ0v) is 19.4. The van der Waals surface area contributed by atoms with E-state index in [0.717, 1.165) is 17.7 Å². The molecule has 0 bridgehead atoms. The van der Waals surface area contributed by atoms with E-state index in [2.05, 4.69) is 46.3 Å². The third-order valence-electron chi connectivity index (χ3n) is 7.22. The molecule has 2 saturated heterocycles. The van der Waals surface area contributed by atoms with Crippen LogP contribution in [0.5, 0.6) is 0 Å². The molecule has 0 aliphatic carbocycles. The van der Waals surface area contributed by atoms with E-state index < -0.39 is 11.5 Å². The lowest BCUT2D eigenvalue weighted by atomic mass is 9.68. The number of rotatable bonds is 6. The summed E-state index contributed by atoms with van der Waals surface area (Å²) < 4.78 is 12.2. The number of carbonyl (C=O) groups is 1. The van der Waals surface area contributed by atoms with E-state index in [-0.39, 0.29) is 12.1 Å². The van der Waals surface area contributed by atoms with Gasteiger partial charge in [-0.15, -0.1) is 0 Å². The molecule has 0 spiro atoms. The van der Waals surface area contributed by atoms with E-state index in [1.165, 1.54) is 12.0 Å². The molecular weight excluding hydrogens is 438 g/mol. The topological polar surface area (TPSA) is 58.8 Å². The highest BCUT2D eigenvalue weighted by atomic mass is 16.6. The number of fused-ring (bicyclic) bond motifs is 1. The highest BCUT2D eigenvalue weighted by molar-refractivity contribution is 5.72. The van der Waals surface area contributed by atoms with E-state index in [1.807, 2.05) is 59.5 Å². The first kappa shape index (κ1) is 21.6. The molecule has 35 heavy (non-hydrogen) atoms. The molecule has 6 nitrogen and oxygen atoms in total. The van der Waals surface area contributed by atoms with Crippen molar-refractivity contribution in [2.24, 2.45) is 0 Å². The number of likely N-dealkylation sites (tertiary alicyclic amines) is 1. The maximum atomic E-state index is 13.3. The maximum absolute atomic E-state index is 13.3. The molecule has 0 saturated carbocycles. The van der Waals surface area contributed by atoms with Crippen LogP contribution in [0.4, 0.5) is 4.79 Å². The van der Waals surface area contributed by atoms with Crippen LogP contribution < -0.4 is 0 Å². The molecule has 0 N–H and O–H groups in total. The average molecular weight is 466 g/mol. The van der Waals surface area contributed by atoms with Gasteiger partial charge < -0.3 is 9.15 Å². The number of ether oxygens (including phenoxy) is 1. The fourth-order valence-corrected chi connectivity index (χ4v) is 5.66. The monoisotopic (exact) mass is 465 g/mol. The van der Waals surface area contributed by atoms with E-state index in [9.17, 15) is 4.79 Å². The van der Waals surface area contributed by atoms with Gasteiger partial charge in [0.25, 0.3) is 0 Å². The van der Waals surface area contributed by atoms with Crippen molar-refractivity contribution in [3.8, 4) is 0 Å². The summed E-state index contributed by atoms with van der Waals surface area (Å²) in [6.45, 7) is 2.62. The summed E-state index contributed by atoms with van der Waals surface area (Å²) in [5, 5.41) is 0. The Morgan fingerprint density at radius 2 is 1.49 bits per heavy atom. The molecule has 6 heteroatoms. The van der Waals surface area contributed by atoms with Crippen LogP contribution in [-0.2, 0) is 23.2 Å². The number of benzene rings is 3. The Labute approximate surface area is 204 Å². The average Bonchev–Trinajstić information content (AvgIpc) is 3.55. The van der Waals surface area contributed by atoms with Gasteiger partial charge in [-0.1, -0.05) is 91.0 Å². The van der Waals surface area contributed by atoms with Crippen LogP contribution in [-0.4, -0.2) is 46.1 Å². The molecule has 4 aromatic rings. The fourth-order valence-electron chi connectivity index (χ4n) is 5.66. The third kappa shape index (κ3) is 3.90. The van der Waals surface area contributed by atoms with Crippen molar-refractivity contribution in [1.82, 2.24) is 14.8 Å². The van der Waals surface area contributed by atoms with E-state index in [1.54, 1.807) is 6.20 Å². The van der Waals surface area contributed by atoms with Gasteiger partial charge in [-0.25, -0.2) is 9.78 Å². The number of nitrogens with zero attached hydrogens (tertiary/aromatic N) is 3. The van der Waals surface area contributed by atoms with Gasteiger partial charge in [0, 0.05) is 26.2 Å². The van der Waals surface area contributed by atoms with Crippen LogP contribution >= 0.6 is 0 Å². The van der Waals surface area contributed by atoms with Gasteiger partial charge in [0.05, 0.1) is 12.2 Å². The molecule has 3 heterocycles. The predicted molar refractivity (Wildman–Crippen MR) is 131 cm³/mol. The molecule has 2 fully saturated rings. The molecule has 6 rings (SSSR count). The van der Waals surface area contributed by atoms with Gasteiger partial charge >= 0.3 is 6.09 Å². The Kier molecular flexibility index (Phi) is 5.58. The summed E-state index contributed by atoms with van der Waals surface area (Å²) in [6.07, 6.45) is 2.54. The lowest BCUT2D eigenvalue weighted by molar-refractivity contribution is 0.00516. The summed E-state index contributed by atoms with van der Waals surface area (Å²) in [6, 6.07) is 30.6. The Morgan fingerprint density at radius 3 is 2.11 bits per heavy atom. The lowest BCUT2D eigenvalue weighted by Crippen LogP contribution is -2.62. The number of piperidine rings is 1.